The number of hydrogen-bond donors (Lipinski definition) is 1. The van der Waals surface area contributed by atoms with Crippen LogP contribution in [0.15, 0.2) is 35.2 Å². The topological polar surface area (TPSA) is 176 Å². The van der Waals surface area contributed by atoms with Gasteiger partial charge in [-0.2, -0.15) is 0 Å². The predicted molar refractivity (Wildman–Crippen MR) is 102 cm³/mol. The fraction of sp³-hybridized carbons (Fsp3) is 0.0769. The van der Waals surface area contributed by atoms with Crippen LogP contribution in [0.2, 0.25) is 0 Å². The highest BCUT2D eigenvalue weighted by atomic mass is 127. The summed E-state index contributed by atoms with van der Waals surface area (Å²) in [5.74, 6) is 0. The number of sulfone groups is 1. The molecule has 0 aliphatic carbocycles. The standard InChI is InChI=1S/C13H9IN4O8S/c1-27(25,26)10-3-7(14)2-8(4-10)15-13-11(17(21)22)5-9(16(19)20)6-12(13)18(23)24/h2-6,15H,1H3. The second-order valence-corrected chi connectivity index (χ2v) is 8.46. The molecule has 0 saturated carbocycles. The molecule has 0 unspecified atom stereocenters. The third-order valence-electron chi connectivity index (χ3n) is 3.25. The van der Waals surface area contributed by atoms with Crippen LogP contribution in [-0.2, 0) is 9.84 Å². The Morgan fingerprint density at radius 2 is 1.41 bits per heavy atom. The van der Waals surface area contributed by atoms with Gasteiger partial charge in [-0.3, -0.25) is 30.3 Å². The van der Waals surface area contributed by atoms with Crippen molar-refractivity contribution < 1.29 is 23.2 Å². The second-order valence-electron chi connectivity index (χ2n) is 5.20. The minimum atomic E-state index is -3.61. The van der Waals surface area contributed by atoms with Crippen LogP contribution in [0.3, 0.4) is 0 Å². The van der Waals surface area contributed by atoms with Gasteiger partial charge in [0.2, 0.25) is 0 Å². The first-order valence-corrected chi connectivity index (χ1v) is 9.76. The lowest BCUT2D eigenvalue weighted by atomic mass is 10.2. The molecule has 0 bridgehead atoms. The Morgan fingerprint density at radius 1 is 0.889 bits per heavy atom. The molecule has 2 aromatic rings. The van der Waals surface area contributed by atoms with E-state index < -0.39 is 47.4 Å². The van der Waals surface area contributed by atoms with E-state index in [-0.39, 0.29) is 10.6 Å². The molecule has 1 N–H and O–H groups in total. The minimum absolute atomic E-state index is 0.0300. The first-order chi connectivity index (χ1) is 12.4. The van der Waals surface area contributed by atoms with Gasteiger partial charge in [0.05, 0.1) is 31.8 Å². The summed E-state index contributed by atoms with van der Waals surface area (Å²) in [7, 11) is -3.61. The van der Waals surface area contributed by atoms with Crippen molar-refractivity contribution in [3.05, 3.63) is 64.2 Å². The van der Waals surface area contributed by atoms with Gasteiger partial charge in [-0.15, -0.1) is 0 Å². The maximum Gasteiger partial charge on any atom is 0.306 e. The van der Waals surface area contributed by atoms with Crippen LogP contribution in [0.5, 0.6) is 0 Å². The number of nitro groups is 3. The normalized spacial score (nSPS) is 11.0. The average molecular weight is 508 g/mol. The van der Waals surface area contributed by atoms with E-state index in [1.165, 1.54) is 12.1 Å². The molecule has 0 atom stereocenters. The van der Waals surface area contributed by atoms with Gasteiger partial charge in [0.15, 0.2) is 15.5 Å². The summed E-state index contributed by atoms with van der Waals surface area (Å²) >= 11 is 1.81. The van der Waals surface area contributed by atoms with Crippen molar-refractivity contribution in [1.82, 2.24) is 0 Å². The summed E-state index contributed by atoms with van der Waals surface area (Å²) in [6, 6.07) is 5.07. The van der Waals surface area contributed by atoms with E-state index in [1.54, 1.807) is 0 Å². The molecule has 0 aromatic heterocycles. The second kappa shape index (κ2) is 7.39. The van der Waals surface area contributed by atoms with Crippen LogP contribution in [-0.4, -0.2) is 29.4 Å². The SMILES string of the molecule is CS(=O)(=O)c1cc(I)cc(Nc2c([N+](=O)[O-])cc([N+](=O)[O-])cc2[N+](=O)[O-])c1. The predicted octanol–water partition coefficient (Wildman–Crippen LogP) is 3.16. The smallest absolute Gasteiger partial charge is 0.306 e. The fourth-order valence-electron chi connectivity index (χ4n) is 2.11. The molecule has 0 heterocycles. The van der Waals surface area contributed by atoms with Crippen LogP contribution < -0.4 is 5.32 Å². The molecule has 0 aliphatic rings. The minimum Gasteiger partial charge on any atom is -0.344 e. The van der Waals surface area contributed by atoms with Gasteiger partial charge >= 0.3 is 11.4 Å². The molecule has 2 aromatic carbocycles. The van der Waals surface area contributed by atoms with Gasteiger partial charge in [-0.25, -0.2) is 8.42 Å². The van der Waals surface area contributed by atoms with E-state index in [1.807, 2.05) is 22.6 Å². The molecule has 0 saturated heterocycles. The van der Waals surface area contributed by atoms with Gasteiger partial charge in [-0.05, 0) is 40.8 Å². The fourth-order valence-corrected chi connectivity index (χ4v) is 3.68. The maximum absolute atomic E-state index is 11.7. The highest BCUT2D eigenvalue weighted by molar-refractivity contribution is 14.1. The van der Waals surface area contributed by atoms with Crippen molar-refractivity contribution in [3.8, 4) is 0 Å². The molecule has 0 fully saturated rings. The Bertz CT molecular complexity index is 1050. The van der Waals surface area contributed by atoms with E-state index >= 15 is 0 Å². The molecule has 0 spiro atoms. The zero-order valence-electron chi connectivity index (χ0n) is 13.3. The molecule has 27 heavy (non-hydrogen) atoms. The van der Waals surface area contributed by atoms with Gasteiger partial charge in [-0.1, -0.05) is 0 Å². The third kappa shape index (κ3) is 4.64. The van der Waals surface area contributed by atoms with Gasteiger partial charge < -0.3 is 5.32 Å². The van der Waals surface area contributed by atoms with E-state index in [4.69, 9.17) is 0 Å². The number of non-ortho nitro benzene ring substituents is 1. The van der Waals surface area contributed by atoms with Gasteiger partial charge in [0.1, 0.15) is 0 Å². The van der Waals surface area contributed by atoms with E-state index in [9.17, 15) is 38.8 Å². The Morgan fingerprint density at radius 3 is 1.81 bits per heavy atom. The monoisotopic (exact) mass is 508 g/mol. The number of hydrogen-bond acceptors (Lipinski definition) is 9. The summed E-state index contributed by atoms with van der Waals surface area (Å²) in [6.07, 6.45) is 0.957. The van der Waals surface area contributed by atoms with Crippen LogP contribution in [0.1, 0.15) is 0 Å². The molecule has 14 heteroatoms. The summed E-state index contributed by atoms with van der Waals surface area (Å²) in [6.45, 7) is 0. The van der Waals surface area contributed by atoms with E-state index in [0.717, 1.165) is 12.3 Å². The van der Waals surface area contributed by atoms with Crippen molar-refractivity contribution >= 4 is 60.9 Å². The number of benzene rings is 2. The number of rotatable bonds is 6. The molecule has 0 amide bonds. The molecule has 142 valence electrons. The number of halogens is 1. The summed E-state index contributed by atoms with van der Waals surface area (Å²) in [4.78, 5) is 30.3. The molecular formula is C13H9IN4O8S. The van der Waals surface area contributed by atoms with Crippen LogP contribution in [0.4, 0.5) is 28.4 Å². The van der Waals surface area contributed by atoms with Gasteiger partial charge in [0.25, 0.3) is 5.69 Å². The molecule has 0 radical (unpaired) electrons. The lowest BCUT2D eigenvalue weighted by Gasteiger charge is -2.10. The largest absolute Gasteiger partial charge is 0.344 e. The number of nitro benzene ring substituents is 3. The van der Waals surface area contributed by atoms with E-state index in [0.29, 0.717) is 15.7 Å². The quantitative estimate of drug-likeness (QED) is 0.349. The highest BCUT2D eigenvalue weighted by Crippen LogP contribution is 2.40. The van der Waals surface area contributed by atoms with Crippen LogP contribution >= 0.6 is 22.6 Å². The third-order valence-corrected chi connectivity index (χ3v) is 4.97. The Kier molecular flexibility index (Phi) is 5.59. The Labute approximate surface area is 164 Å². The zero-order valence-corrected chi connectivity index (χ0v) is 16.3. The molecular weight excluding hydrogens is 499 g/mol. The van der Waals surface area contributed by atoms with Crippen LogP contribution in [0, 0.1) is 33.9 Å². The lowest BCUT2D eigenvalue weighted by molar-refractivity contribution is -0.401. The van der Waals surface area contributed by atoms with E-state index in [2.05, 4.69) is 5.32 Å². The van der Waals surface area contributed by atoms with Crippen molar-refractivity contribution in [1.29, 1.82) is 0 Å². The molecule has 12 nitrogen and oxygen atoms in total. The highest BCUT2D eigenvalue weighted by Gasteiger charge is 2.31. The number of nitrogens with one attached hydrogen (secondary N) is 1. The zero-order chi connectivity index (χ0) is 20.5. The molecule has 2 rings (SSSR count). The Hall–Kier alpha value is -2.88. The number of nitrogens with zero attached hydrogens (tertiary/aromatic N) is 3. The van der Waals surface area contributed by atoms with Crippen molar-refractivity contribution in [2.45, 2.75) is 4.90 Å². The Balaban J connectivity index is 2.72. The number of anilines is 2. The van der Waals surface area contributed by atoms with Crippen LogP contribution in [0.25, 0.3) is 0 Å². The summed E-state index contributed by atoms with van der Waals surface area (Å²) in [5, 5.41) is 35.9. The first-order valence-electron chi connectivity index (χ1n) is 6.79. The van der Waals surface area contributed by atoms with Gasteiger partial charge in [0, 0.05) is 15.5 Å². The van der Waals surface area contributed by atoms with Crippen molar-refractivity contribution in [3.63, 3.8) is 0 Å². The summed E-state index contributed by atoms with van der Waals surface area (Å²) < 4.78 is 23.9. The van der Waals surface area contributed by atoms with Crippen molar-refractivity contribution in [2.75, 3.05) is 11.6 Å². The average Bonchev–Trinajstić information content (AvgIpc) is 2.52. The summed E-state index contributed by atoms with van der Waals surface area (Å²) in [5.41, 5.74) is -3.18. The van der Waals surface area contributed by atoms with Crippen molar-refractivity contribution in [2.24, 2.45) is 0 Å². The molecule has 0 aliphatic heterocycles. The maximum atomic E-state index is 11.7. The first kappa shape index (κ1) is 20.4. The lowest BCUT2D eigenvalue weighted by Crippen LogP contribution is -2.05.